The summed E-state index contributed by atoms with van der Waals surface area (Å²) in [5, 5.41) is 3.84. The summed E-state index contributed by atoms with van der Waals surface area (Å²) in [6.07, 6.45) is 4.65. The van der Waals surface area contributed by atoms with Crippen LogP contribution in [-0.2, 0) is 0 Å². The lowest BCUT2D eigenvalue weighted by molar-refractivity contribution is 0.619. The second-order valence-corrected chi connectivity index (χ2v) is 5.98. The van der Waals surface area contributed by atoms with Gasteiger partial charge in [0.05, 0.1) is 23.8 Å². The van der Waals surface area contributed by atoms with Crippen molar-refractivity contribution in [2.45, 2.75) is 6.92 Å². The van der Waals surface area contributed by atoms with Crippen molar-refractivity contribution in [2.75, 3.05) is 5.32 Å². The van der Waals surface area contributed by atoms with Crippen LogP contribution in [0.15, 0.2) is 55.0 Å². The molecule has 4 aromatic rings. The number of halogens is 2. The topological polar surface area (TPSA) is 55.1 Å². The number of nitrogens with one attached hydrogen (secondary N) is 1. The summed E-state index contributed by atoms with van der Waals surface area (Å²) in [5.41, 5.74) is 3.57. The molecule has 0 aliphatic rings. The fourth-order valence-electron chi connectivity index (χ4n) is 2.67. The average Bonchev–Trinajstić information content (AvgIpc) is 2.92. The quantitative estimate of drug-likeness (QED) is 0.583. The van der Waals surface area contributed by atoms with Crippen molar-refractivity contribution >= 4 is 28.8 Å². The monoisotopic (exact) mass is 353 g/mol. The van der Waals surface area contributed by atoms with E-state index >= 15 is 0 Å². The first-order chi connectivity index (χ1) is 12.1. The highest BCUT2D eigenvalue weighted by Crippen LogP contribution is 2.25. The summed E-state index contributed by atoms with van der Waals surface area (Å²) < 4.78 is 15.3. The summed E-state index contributed by atoms with van der Waals surface area (Å²) in [6.45, 7) is 1.86. The number of imidazole rings is 1. The molecule has 124 valence electrons. The Morgan fingerprint density at radius 3 is 2.64 bits per heavy atom. The molecule has 0 amide bonds. The minimum absolute atomic E-state index is 0.338. The van der Waals surface area contributed by atoms with Crippen LogP contribution in [0.2, 0.25) is 5.02 Å². The van der Waals surface area contributed by atoms with E-state index in [0.717, 1.165) is 11.4 Å². The minimum Gasteiger partial charge on any atom is -0.339 e. The van der Waals surface area contributed by atoms with Crippen LogP contribution in [0.25, 0.3) is 17.0 Å². The van der Waals surface area contributed by atoms with Gasteiger partial charge in [0.1, 0.15) is 23.0 Å². The third-order valence-electron chi connectivity index (χ3n) is 3.75. The van der Waals surface area contributed by atoms with Gasteiger partial charge in [0, 0.05) is 16.9 Å². The van der Waals surface area contributed by atoms with Gasteiger partial charge in [-0.2, -0.15) is 0 Å². The number of aryl methyl sites for hydroxylation is 1. The van der Waals surface area contributed by atoms with E-state index in [0.29, 0.717) is 27.9 Å². The Labute approximate surface area is 148 Å². The number of hydrogen-bond acceptors (Lipinski definition) is 4. The molecule has 0 saturated carbocycles. The molecule has 0 unspecified atom stereocenters. The predicted octanol–water partition coefficient (Wildman–Crippen LogP) is 4.64. The molecule has 5 nitrogen and oxygen atoms in total. The molecule has 0 radical (unpaired) electrons. The predicted molar refractivity (Wildman–Crippen MR) is 95.6 cm³/mol. The lowest BCUT2D eigenvalue weighted by Crippen LogP contribution is -1.98. The first-order valence-electron chi connectivity index (χ1n) is 7.59. The SMILES string of the molecule is Cc1nc2ccc(F)cn2c1-c1cncc(Nc2ccc(Cl)cc2)n1. The standard InChI is InChI=1S/C18H13ClFN5/c1-11-18(25-10-13(20)4-7-17(25)22-11)15-8-21-9-16(24-15)23-14-5-2-12(19)3-6-14/h2-10H,1H3,(H,23,24). The number of benzene rings is 1. The van der Waals surface area contributed by atoms with E-state index in [1.807, 2.05) is 19.1 Å². The van der Waals surface area contributed by atoms with E-state index in [4.69, 9.17) is 11.6 Å². The Morgan fingerprint density at radius 1 is 1.04 bits per heavy atom. The van der Waals surface area contributed by atoms with Gasteiger partial charge < -0.3 is 5.32 Å². The van der Waals surface area contributed by atoms with Crippen LogP contribution in [0.4, 0.5) is 15.9 Å². The molecule has 0 fully saturated rings. The normalized spacial score (nSPS) is 11.0. The second-order valence-electron chi connectivity index (χ2n) is 5.54. The van der Waals surface area contributed by atoms with Crippen molar-refractivity contribution in [3.8, 4) is 11.4 Å². The maximum Gasteiger partial charge on any atom is 0.149 e. The molecule has 7 heteroatoms. The Morgan fingerprint density at radius 2 is 1.84 bits per heavy atom. The first kappa shape index (κ1) is 15.5. The molecule has 3 heterocycles. The molecule has 0 spiro atoms. The number of anilines is 2. The van der Waals surface area contributed by atoms with Gasteiger partial charge in [-0.25, -0.2) is 14.4 Å². The Bertz CT molecular complexity index is 1060. The zero-order valence-electron chi connectivity index (χ0n) is 13.2. The van der Waals surface area contributed by atoms with E-state index in [-0.39, 0.29) is 5.82 Å². The first-order valence-corrected chi connectivity index (χ1v) is 7.97. The van der Waals surface area contributed by atoms with Gasteiger partial charge in [-0.05, 0) is 43.3 Å². The molecule has 1 aromatic carbocycles. The fraction of sp³-hybridized carbons (Fsp3) is 0.0556. The summed E-state index contributed by atoms with van der Waals surface area (Å²) in [5.74, 6) is 0.236. The van der Waals surface area contributed by atoms with Crippen molar-refractivity contribution in [2.24, 2.45) is 0 Å². The van der Waals surface area contributed by atoms with Gasteiger partial charge in [0.15, 0.2) is 0 Å². The molecule has 0 saturated heterocycles. The Balaban J connectivity index is 1.76. The highest BCUT2D eigenvalue weighted by molar-refractivity contribution is 6.30. The third-order valence-corrected chi connectivity index (χ3v) is 4.00. The number of rotatable bonds is 3. The van der Waals surface area contributed by atoms with Crippen LogP contribution in [0.5, 0.6) is 0 Å². The highest BCUT2D eigenvalue weighted by Gasteiger charge is 2.14. The number of hydrogen-bond donors (Lipinski definition) is 1. The van der Waals surface area contributed by atoms with Crippen molar-refractivity contribution in [3.63, 3.8) is 0 Å². The van der Waals surface area contributed by atoms with Crippen LogP contribution in [0.3, 0.4) is 0 Å². The lowest BCUT2D eigenvalue weighted by Gasteiger charge is -2.08. The van der Waals surface area contributed by atoms with E-state index < -0.39 is 0 Å². The minimum atomic E-state index is -0.338. The summed E-state index contributed by atoms with van der Waals surface area (Å²) in [7, 11) is 0. The molecular formula is C18H13ClFN5. The van der Waals surface area contributed by atoms with Crippen LogP contribution < -0.4 is 5.32 Å². The van der Waals surface area contributed by atoms with Gasteiger partial charge in [-0.15, -0.1) is 0 Å². The van der Waals surface area contributed by atoms with Gasteiger partial charge in [-0.3, -0.25) is 9.38 Å². The van der Waals surface area contributed by atoms with Crippen molar-refractivity contribution < 1.29 is 4.39 Å². The van der Waals surface area contributed by atoms with Crippen LogP contribution in [0.1, 0.15) is 5.69 Å². The maximum atomic E-state index is 13.6. The summed E-state index contributed by atoms with van der Waals surface area (Å²) in [6, 6.07) is 10.3. The molecule has 0 aliphatic carbocycles. The molecule has 3 aromatic heterocycles. The highest BCUT2D eigenvalue weighted by atomic mass is 35.5. The second kappa shape index (κ2) is 6.14. The lowest BCUT2D eigenvalue weighted by atomic mass is 10.2. The molecule has 25 heavy (non-hydrogen) atoms. The molecule has 0 bridgehead atoms. The largest absolute Gasteiger partial charge is 0.339 e. The smallest absolute Gasteiger partial charge is 0.149 e. The van der Waals surface area contributed by atoms with Gasteiger partial charge in [-0.1, -0.05) is 11.6 Å². The average molecular weight is 354 g/mol. The Hall–Kier alpha value is -2.99. The number of nitrogens with zero attached hydrogens (tertiary/aromatic N) is 4. The Kier molecular flexibility index (Phi) is 3.82. The fourth-order valence-corrected chi connectivity index (χ4v) is 2.79. The van der Waals surface area contributed by atoms with Crippen molar-refractivity contribution in [3.05, 3.63) is 71.5 Å². The zero-order valence-corrected chi connectivity index (χ0v) is 14.0. The van der Waals surface area contributed by atoms with Crippen LogP contribution in [0, 0.1) is 12.7 Å². The summed E-state index contributed by atoms with van der Waals surface area (Å²) >= 11 is 5.90. The third kappa shape index (κ3) is 3.04. The van der Waals surface area contributed by atoms with E-state index in [9.17, 15) is 4.39 Å². The molecule has 0 atom stereocenters. The number of pyridine rings is 1. The van der Waals surface area contributed by atoms with E-state index in [2.05, 4.69) is 20.3 Å². The molecule has 1 N–H and O–H groups in total. The molecule has 4 rings (SSSR count). The van der Waals surface area contributed by atoms with Gasteiger partial charge in [0.25, 0.3) is 0 Å². The maximum absolute atomic E-state index is 13.6. The number of fused-ring (bicyclic) bond motifs is 1. The van der Waals surface area contributed by atoms with Crippen LogP contribution in [-0.4, -0.2) is 19.4 Å². The molecular weight excluding hydrogens is 341 g/mol. The van der Waals surface area contributed by atoms with E-state index in [1.165, 1.54) is 12.3 Å². The van der Waals surface area contributed by atoms with E-state index in [1.54, 1.807) is 35.0 Å². The summed E-state index contributed by atoms with van der Waals surface area (Å²) in [4.78, 5) is 13.3. The van der Waals surface area contributed by atoms with Crippen LogP contribution >= 0.6 is 11.6 Å². The van der Waals surface area contributed by atoms with Gasteiger partial charge >= 0.3 is 0 Å². The van der Waals surface area contributed by atoms with Gasteiger partial charge in [0.2, 0.25) is 0 Å². The van der Waals surface area contributed by atoms with Crippen molar-refractivity contribution in [1.82, 2.24) is 19.4 Å². The zero-order chi connectivity index (χ0) is 17.4. The molecule has 0 aliphatic heterocycles. The van der Waals surface area contributed by atoms with Crippen molar-refractivity contribution in [1.29, 1.82) is 0 Å². The number of aromatic nitrogens is 4.